The van der Waals surface area contributed by atoms with Crippen LogP contribution < -0.4 is 5.32 Å². The van der Waals surface area contributed by atoms with Gasteiger partial charge >= 0.3 is 0 Å². The Morgan fingerprint density at radius 3 is 2.63 bits per heavy atom. The Kier molecular flexibility index (Phi) is 3.60. The minimum Gasteiger partial charge on any atom is -0.335 e. The molecule has 2 aliphatic rings. The Balaban J connectivity index is 1.64. The van der Waals surface area contributed by atoms with Crippen molar-refractivity contribution >= 4 is 10.0 Å². The van der Waals surface area contributed by atoms with Gasteiger partial charge < -0.3 is 10.3 Å². The first kappa shape index (κ1) is 13.1. The average Bonchev–Trinajstić information content (AvgIpc) is 3.12. The highest BCUT2D eigenvalue weighted by Crippen LogP contribution is 2.28. The molecule has 3 rings (SSSR count). The number of nitrogens with one attached hydrogen (secondary N) is 2. The van der Waals surface area contributed by atoms with Crippen molar-refractivity contribution in [2.24, 2.45) is 5.92 Å². The number of rotatable bonds is 3. The summed E-state index contributed by atoms with van der Waals surface area (Å²) in [5.41, 5.74) is 0. The van der Waals surface area contributed by atoms with Crippen LogP contribution in [0.15, 0.2) is 17.6 Å². The van der Waals surface area contributed by atoms with E-state index in [0.29, 0.717) is 25.0 Å². The molecule has 1 aromatic rings. The molecule has 2 saturated heterocycles. The number of sulfonamides is 1. The molecule has 7 heteroatoms. The van der Waals surface area contributed by atoms with Gasteiger partial charge in [0, 0.05) is 19.1 Å². The zero-order valence-electron chi connectivity index (χ0n) is 10.9. The topological polar surface area (TPSA) is 78.1 Å². The van der Waals surface area contributed by atoms with E-state index in [4.69, 9.17) is 0 Å². The molecule has 2 fully saturated rings. The number of aromatic amines is 1. The van der Waals surface area contributed by atoms with E-state index in [9.17, 15) is 8.42 Å². The highest BCUT2D eigenvalue weighted by Gasteiger charge is 2.33. The highest BCUT2D eigenvalue weighted by molar-refractivity contribution is 7.89. The Morgan fingerprint density at radius 1 is 1.26 bits per heavy atom. The predicted molar refractivity (Wildman–Crippen MR) is 71.1 cm³/mol. The third-order valence-corrected chi connectivity index (χ3v) is 6.08. The number of nitrogens with zero attached hydrogens (tertiary/aromatic N) is 2. The van der Waals surface area contributed by atoms with Crippen molar-refractivity contribution in [3.05, 3.63) is 12.5 Å². The second kappa shape index (κ2) is 5.22. The van der Waals surface area contributed by atoms with Crippen molar-refractivity contribution in [3.8, 4) is 0 Å². The molecule has 0 aliphatic carbocycles. The molecular weight excluding hydrogens is 264 g/mol. The molecule has 106 valence electrons. The maximum atomic E-state index is 12.3. The van der Waals surface area contributed by atoms with Gasteiger partial charge in [-0.2, -0.15) is 4.31 Å². The van der Waals surface area contributed by atoms with Crippen molar-refractivity contribution in [2.45, 2.75) is 36.8 Å². The average molecular weight is 284 g/mol. The Morgan fingerprint density at radius 2 is 2.05 bits per heavy atom. The lowest BCUT2D eigenvalue weighted by molar-refractivity contribution is 0.233. The summed E-state index contributed by atoms with van der Waals surface area (Å²) in [5.74, 6) is 0.621. The van der Waals surface area contributed by atoms with E-state index in [-0.39, 0.29) is 5.03 Å². The predicted octanol–water partition coefficient (Wildman–Crippen LogP) is 0.562. The van der Waals surface area contributed by atoms with Crippen LogP contribution in [-0.4, -0.2) is 48.4 Å². The summed E-state index contributed by atoms with van der Waals surface area (Å²) in [4.78, 5) is 6.48. The molecule has 0 amide bonds. The molecule has 0 spiro atoms. The summed E-state index contributed by atoms with van der Waals surface area (Å²) < 4.78 is 26.2. The molecule has 0 saturated carbocycles. The van der Waals surface area contributed by atoms with Gasteiger partial charge in [-0.05, 0) is 38.1 Å². The summed E-state index contributed by atoms with van der Waals surface area (Å²) in [6, 6.07) is 0.594. The fourth-order valence-electron chi connectivity index (χ4n) is 3.16. The minimum atomic E-state index is -3.37. The van der Waals surface area contributed by atoms with Crippen LogP contribution in [0.25, 0.3) is 0 Å². The number of imidazole rings is 1. The first-order valence-corrected chi connectivity index (χ1v) is 8.34. The Bertz CT molecular complexity index is 500. The van der Waals surface area contributed by atoms with Crippen LogP contribution in [0.4, 0.5) is 0 Å². The van der Waals surface area contributed by atoms with Gasteiger partial charge in [0.1, 0.15) is 0 Å². The van der Waals surface area contributed by atoms with Crippen LogP contribution in [0.2, 0.25) is 0 Å². The summed E-state index contributed by atoms with van der Waals surface area (Å²) in [6.07, 6.45) is 7.16. The third kappa shape index (κ3) is 2.54. The Hall–Kier alpha value is -0.920. The van der Waals surface area contributed by atoms with Crippen LogP contribution in [0, 0.1) is 5.92 Å². The first-order chi connectivity index (χ1) is 9.18. The van der Waals surface area contributed by atoms with Gasteiger partial charge in [-0.15, -0.1) is 0 Å². The quantitative estimate of drug-likeness (QED) is 0.850. The lowest BCUT2D eigenvalue weighted by Gasteiger charge is -2.33. The maximum Gasteiger partial charge on any atom is 0.260 e. The maximum absolute atomic E-state index is 12.3. The van der Waals surface area contributed by atoms with E-state index in [1.165, 1.54) is 25.4 Å². The molecule has 0 aromatic carbocycles. The monoisotopic (exact) mass is 284 g/mol. The third-order valence-electron chi connectivity index (χ3n) is 4.26. The Labute approximate surface area is 113 Å². The van der Waals surface area contributed by atoms with Gasteiger partial charge in [0.2, 0.25) is 0 Å². The standard InChI is InChI=1S/C12H20N4O2S/c17-19(18,12-8-13-9-15-12)16-6-3-10(4-7-16)11-2-1-5-14-11/h8-11,14H,1-7H2,(H,13,15). The van der Waals surface area contributed by atoms with Crippen LogP contribution in [0.1, 0.15) is 25.7 Å². The van der Waals surface area contributed by atoms with Crippen LogP contribution in [0.5, 0.6) is 0 Å². The zero-order valence-corrected chi connectivity index (χ0v) is 11.7. The highest BCUT2D eigenvalue weighted by atomic mass is 32.2. The molecule has 1 atom stereocenters. The van der Waals surface area contributed by atoms with E-state index < -0.39 is 10.0 Å². The first-order valence-electron chi connectivity index (χ1n) is 6.90. The molecule has 3 heterocycles. The van der Waals surface area contributed by atoms with Gasteiger partial charge in [0.25, 0.3) is 10.0 Å². The molecule has 2 aliphatic heterocycles. The van der Waals surface area contributed by atoms with Gasteiger partial charge in [-0.1, -0.05) is 0 Å². The summed E-state index contributed by atoms with van der Waals surface area (Å²) in [7, 11) is -3.37. The number of hydrogen-bond donors (Lipinski definition) is 2. The molecule has 0 radical (unpaired) electrons. The fraction of sp³-hybridized carbons (Fsp3) is 0.750. The lowest BCUT2D eigenvalue weighted by atomic mass is 9.89. The summed E-state index contributed by atoms with van der Waals surface area (Å²) in [5, 5.41) is 3.72. The minimum absolute atomic E-state index is 0.199. The normalized spacial score (nSPS) is 26.8. The van der Waals surface area contributed by atoms with Gasteiger partial charge in [0.15, 0.2) is 5.03 Å². The van der Waals surface area contributed by atoms with E-state index in [1.807, 2.05) is 0 Å². The number of aromatic nitrogens is 2. The summed E-state index contributed by atoms with van der Waals surface area (Å²) >= 11 is 0. The number of H-pyrrole nitrogens is 1. The van der Waals surface area contributed by atoms with Crippen molar-refractivity contribution in [1.82, 2.24) is 19.6 Å². The molecule has 1 unspecified atom stereocenters. The fourth-order valence-corrected chi connectivity index (χ4v) is 4.52. The molecule has 2 N–H and O–H groups in total. The number of piperidine rings is 1. The van der Waals surface area contributed by atoms with E-state index in [2.05, 4.69) is 15.3 Å². The van der Waals surface area contributed by atoms with E-state index in [0.717, 1.165) is 19.4 Å². The summed E-state index contributed by atoms with van der Waals surface area (Å²) in [6.45, 7) is 2.34. The lowest BCUT2D eigenvalue weighted by Crippen LogP contribution is -2.43. The second-order valence-corrected chi connectivity index (χ2v) is 7.27. The van der Waals surface area contributed by atoms with Crippen LogP contribution in [-0.2, 0) is 10.0 Å². The second-order valence-electron chi connectivity index (χ2n) is 5.36. The van der Waals surface area contributed by atoms with Gasteiger partial charge in [0.05, 0.1) is 12.5 Å². The molecule has 6 nitrogen and oxygen atoms in total. The van der Waals surface area contributed by atoms with E-state index in [1.54, 1.807) is 4.31 Å². The van der Waals surface area contributed by atoms with Crippen LogP contribution >= 0.6 is 0 Å². The molecular formula is C12H20N4O2S. The molecule has 0 bridgehead atoms. The van der Waals surface area contributed by atoms with Gasteiger partial charge in [-0.3, -0.25) is 0 Å². The van der Waals surface area contributed by atoms with Crippen molar-refractivity contribution < 1.29 is 8.42 Å². The molecule has 1 aromatic heterocycles. The van der Waals surface area contributed by atoms with Crippen LogP contribution in [0.3, 0.4) is 0 Å². The smallest absolute Gasteiger partial charge is 0.260 e. The number of hydrogen-bond acceptors (Lipinski definition) is 4. The zero-order chi connectivity index (χ0) is 13.3. The van der Waals surface area contributed by atoms with E-state index >= 15 is 0 Å². The molecule has 19 heavy (non-hydrogen) atoms. The van der Waals surface area contributed by atoms with Crippen molar-refractivity contribution in [3.63, 3.8) is 0 Å². The van der Waals surface area contributed by atoms with Gasteiger partial charge in [-0.25, -0.2) is 13.4 Å². The SMILES string of the molecule is O=S(=O)(c1cnc[nH]1)N1CCC(C2CCCN2)CC1. The largest absolute Gasteiger partial charge is 0.335 e. The van der Waals surface area contributed by atoms with Crippen molar-refractivity contribution in [2.75, 3.05) is 19.6 Å². The van der Waals surface area contributed by atoms with Crippen molar-refractivity contribution in [1.29, 1.82) is 0 Å².